The topological polar surface area (TPSA) is 106 Å². The van der Waals surface area contributed by atoms with Crippen molar-refractivity contribution in [2.24, 2.45) is 0 Å². The van der Waals surface area contributed by atoms with Crippen LogP contribution in [0.2, 0.25) is 0 Å². The number of carbonyl (C=O) groups excluding carboxylic acids is 1. The van der Waals surface area contributed by atoms with Crippen LogP contribution in [0.4, 0.5) is 5.69 Å². The maximum absolute atomic E-state index is 13.4. The molecule has 4 rings (SSSR count). The Balaban J connectivity index is 1.83. The van der Waals surface area contributed by atoms with E-state index in [0.29, 0.717) is 22.8 Å². The summed E-state index contributed by atoms with van der Waals surface area (Å²) in [7, 11) is 1.47. The van der Waals surface area contributed by atoms with Gasteiger partial charge >= 0.3 is 0 Å². The van der Waals surface area contributed by atoms with Gasteiger partial charge in [0.2, 0.25) is 5.88 Å². The van der Waals surface area contributed by atoms with Crippen LogP contribution in [0.3, 0.4) is 0 Å². The number of para-hydroxylation sites is 2. The van der Waals surface area contributed by atoms with Crippen molar-refractivity contribution in [1.29, 1.82) is 5.26 Å². The minimum absolute atomic E-state index is 0.0236. The number of benzene rings is 2. The fourth-order valence-electron chi connectivity index (χ4n) is 3.34. The van der Waals surface area contributed by atoms with Gasteiger partial charge in [-0.15, -0.1) is 0 Å². The number of carbonyl (C=O) groups is 1. The van der Waals surface area contributed by atoms with Crippen LogP contribution in [-0.2, 0) is 4.79 Å². The molecule has 8 nitrogen and oxygen atoms in total. The zero-order valence-electron chi connectivity index (χ0n) is 18.8. The number of nitriles is 1. The molecule has 0 bridgehead atoms. The van der Waals surface area contributed by atoms with Crippen molar-refractivity contribution in [2.45, 2.75) is 6.92 Å². The lowest BCUT2D eigenvalue weighted by Crippen LogP contribution is -2.20. The minimum atomic E-state index is -0.708. The molecule has 0 aliphatic carbocycles. The quantitative estimate of drug-likeness (QED) is 0.274. The first-order chi connectivity index (χ1) is 16.9. The molecule has 9 heteroatoms. The molecule has 4 aromatic rings. The van der Waals surface area contributed by atoms with Crippen LogP contribution in [0.1, 0.15) is 11.1 Å². The number of fused-ring (bicyclic) bond motifs is 1. The van der Waals surface area contributed by atoms with E-state index in [9.17, 15) is 14.9 Å². The standard InChI is InChI=1S/C26H19BrN4O4/c1-16-6-5-13-31-23(16)30-25(35-19-11-9-18(27)10-12-19)20(26(31)33)14-17(15-28)24(32)29-21-7-3-4-8-22(21)34-2/h3-14H,1-2H3,(H,29,32)/b17-14-. The van der Waals surface area contributed by atoms with E-state index in [1.165, 1.54) is 17.6 Å². The highest BCUT2D eigenvalue weighted by Crippen LogP contribution is 2.27. The third-order valence-electron chi connectivity index (χ3n) is 5.09. The van der Waals surface area contributed by atoms with Gasteiger partial charge in [0.15, 0.2) is 0 Å². The molecule has 1 amide bonds. The van der Waals surface area contributed by atoms with Gasteiger partial charge in [0.25, 0.3) is 11.5 Å². The first kappa shape index (κ1) is 23.7. The van der Waals surface area contributed by atoms with Crippen molar-refractivity contribution in [1.82, 2.24) is 9.38 Å². The van der Waals surface area contributed by atoms with Gasteiger partial charge in [0.05, 0.1) is 12.8 Å². The number of aryl methyl sites for hydroxylation is 1. The highest BCUT2D eigenvalue weighted by molar-refractivity contribution is 9.10. The van der Waals surface area contributed by atoms with Crippen LogP contribution in [-0.4, -0.2) is 22.4 Å². The number of halogens is 1. The molecule has 1 N–H and O–H groups in total. The SMILES string of the molecule is COc1ccccc1NC(=O)/C(C#N)=C\c1c(Oc2ccc(Br)cc2)nc2c(C)cccn2c1=O. The van der Waals surface area contributed by atoms with E-state index < -0.39 is 11.5 Å². The predicted molar refractivity (Wildman–Crippen MR) is 136 cm³/mol. The Kier molecular flexibility index (Phi) is 6.94. The molecule has 0 aliphatic rings. The van der Waals surface area contributed by atoms with E-state index >= 15 is 0 Å². The summed E-state index contributed by atoms with van der Waals surface area (Å²) in [6.45, 7) is 1.82. The van der Waals surface area contributed by atoms with Gasteiger partial charge in [-0.2, -0.15) is 10.2 Å². The zero-order valence-corrected chi connectivity index (χ0v) is 20.4. The summed E-state index contributed by atoms with van der Waals surface area (Å²) in [5, 5.41) is 12.4. The molecule has 0 unspecified atom stereocenters. The second kappa shape index (κ2) is 10.2. The fourth-order valence-corrected chi connectivity index (χ4v) is 3.60. The monoisotopic (exact) mass is 530 g/mol. The largest absolute Gasteiger partial charge is 0.495 e. The third kappa shape index (κ3) is 5.08. The highest BCUT2D eigenvalue weighted by Gasteiger charge is 2.19. The number of pyridine rings is 1. The summed E-state index contributed by atoms with van der Waals surface area (Å²) >= 11 is 3.37. The summed E-state index contributed by atoms with van der Waals surface area (Å²) < 4.78 is 13.4. The average molecular weight is 531 g/mol. The molecule has 0 saturated heterocycles. The van der Waals surface area contributed by atoms with Crippen LogP contribution in [0.25, 0.3) is 11.7 Å². The van der Waals surface area contributed by atoms with Crippen molar-refractivity contribution in [3.63, 3.8) is 0 Å². The first-order valence-corrected chi connectivity index (χ1v) is 11.2. The Morgan fingerprint density at radius 1 is 1.14 bits per heavy atom. The molecule has 174 valence electrons. The first-order valence-electron chi connectivity index (χ1n) is 10.4. The second-order valence-corrected chi connectivity index (χ2v) is 8.32. The van der Waals surface area contributed by atoms with Crippen molar-refractivity contribution >= 4 is 39.2 Å². The van der Waals surface area contributed by atoms with Crippen molar-refractivity contribution < 1.29 is 14.3 Å². The van der Waals surface area contributed by atoms with Gasteiger partial charge in [-0.05, 0) is 61.0 Å². The highest BCUT2D eigenvalue weighted by atomic mass is 79.9. The van der Waals surface area contributed by atoms with E-state index in [1.807, 2.05) is 19.1 Å². The molecule has 2 aromatic heterocycles. The molecule has 0 saturated carbocycles. The van der Waals surface area contributed by atoms with Crippen molar-refractivity contribution in [3.8, 4) is 23.4 Å². The van der Waals surface area contributed by atoms with Crippen LogP contribution >= 0.6 is 15.9 Å². The number of nitrogens with one attached hydrogen (secondary N) is 1. The van der Waals surface area contributed by atoms with Crippen molar-refractivity contribution in [3.05, 3.63) is 98.4 Å². The Labute approximate surface area is 209 Å². The van der Waals surface area contributed by atoms with Gasteiger partial charge in [-0.1, -0.05) is 34.1 Å². The molecule has 2 heterocycles. The summed E-state index contributed by atoms with van der Waals surface area (Å²) in [6.07, 6.45) is 2.75. The van der Waals surface area contributed by atoms with Crippen LogP contribution in [0, 0.1) is 18.3 Å². The fraction of sp³-hybridized carbons (Fsp3) is 0.0769. The number of amides is 1. The molecule has 0 radical (unpaired) electrons. The van der Waals surface area contributed by atoms with Gasteiger partial charge in [-0.3, -0.25) is 14.0 Å². The number of nitrogens with zero attached hydrogens (tertiary/aromatic N) is 3. The lowest BCUT2D eigenvalue weighted by molar-refractivity contribution is -0.112. The summed E-state index contributed by atoms with van der Waals surface area (Å²) in [5.41, 5.74) is 0.722. The third-order valence-corrected chi connectivity index (χ3v) is 5.62. The maximum atomic E-state index is 13.4. The molecular weight excluding hydrogens is 512 g/mol. The molecule has 0 aliphatic heterocycles. The smallest absolute Gasteiger partial charge is 0.269 e. The minimum Gasteiger partial charge on any atom is -0.495 e. The van der Waals surface area contributed by atoms with E-state index in [-0.39, 0.29) is 17.0 Å². The second-order valence-electron chi connectivity index (χ2n) is 7.40. The van der Waals surface area contributed by atoms with E-state index in [2.05, 4.69) is 26.2 Å². The Bertz CT molecular complexity index is 1550. The van der Waals surface area contributed by atoms with Crippen LogP contribution < -0.4 is 20.3 Å². The summed E-state index contributed by atoms with van der Waals surface area (Å²) in [4.78, 5) is 30.9. The van der Waals surface area contributed by atoms with E-state index in [4.69, 9.17) is 9.47 Å². The predicted octanol–water partition coefficient (Wildman–Crippen LogP) is 5.11. The maximum Gasteiger partial charge on any atom is 0.269 e. The lowest BCUT2D eigenvalue weighted by Gasteiger charge is -2.12. The van der Waals surface area contributed by atoms with Gasteiger partial charge in [0, 0.05) is 10.7 Å². The molecular formula is C26H19BrN4O4. The van der Waals surface area contributed by atoms with Crippen LogP contribution in [0.15, 0.2) is 81.7 Å². The van der Waals surface area contributed by atoms with Gasteiger partial charge in [-0.25, -0.2) is 0 Å². The lowest BCUT2D eigenvalue weighted by atomic mass is 10.1. The summed E-state index contributed by atoms with van der Waals surface area (Å²) in [6, 6.07) is 19.2. The number of hydrogen-bond acceptors (Lipinski definition) is 6. The summed E-state index contributed by atoms with van der Waals surface area (Å²) in [5.74, 6) is 0.134. The normalized spacial score (nSPS) is 11.1. The van der Waals surface area contributed by atoms with Crippen LogP contribution in [0.5, 0.6) is 17.4 Å². The number of anilines is 1. The Morgan fingerprint density at radius 2 is 1.89 bits per heavy atom. The average Bonchev–Trinajstić information content (AvgIpc) is 2.86. The molecule has 0 spiro atoms. The van der Waals surface area contributed by atoms with Crippen molar-refractivity contribution in [2.75, 3.05) is 12.4 Å². The number of methoxy groups -OCH3 is 1. The molecule has 0 atom stereocenters. The Morgan fingerprint density at radius 3 is 2.60 bits per heavy atom. The molecule has 0 fully saturated rings. The van der Waals surface area contributed by atoms with E-state index in [1.54, 1.807) is 60.8 Å². The van der Waals surface area contributed by atoms with Gasteiger partial charge in [0.1, 0.15) is 34.4 Å². The Hall–Kier alpha value is -4.42. The molecule has 2 aromatic carbocycles. The number of aromatic nitrogens is 2. The number of rotatable bonds is 6. The zero-order chi connectivity index (χ0) is 24.9. The number of ether oxygens (including phenoxy) is 2. The van der Waals surface area contributed by atoms with Gasteiger partial charge < -0.3 is 14.8 Å². The molecule has 35 heavy (non-hydrogen) atoms. The van der Waals surface area contributed by atoms with E-state index in [0.717, 1.165) is 10.0 Å². The number of hydrogen-bond donors (Lipinski definition) is 1.